The number of aliphatic hydroxyl groups excluding tert-OH is 1. The van der Waals surface area contributed by atoms with Crippen LogP contribution in [0.2, 0.25) is 0 Å². The highest BCUT2D eigenvalue weighted by atomic mass is 32.2. The van der Waals surface area contributed by atoms with Gasteiger partial charge < -0.3 is 9.66 Å². The summed E-state index contributed by atoms with van der Waals surface area (Å²) in [4.78, 5) is 18.7. The maximum Gasteiger partial charge on any atom is 0.176 e. The molecule has 2 atom stereocenters. The van der Waals surface area contributed by atoms with Gasteiger partial charge in [0.1, 0.15) is 11.9 Å². The molecule has 6 nitrogen and oxygen atoms in total. The van der Waals surface area contributed by atoms with E-state index in [2.05, 4.69) is 9.97 Å². The van der Waals surface area contributed by atoms with Crippen LogP contribution in [0.25, 0.3) is 0 Å². The average Bonchev–Trinajstić information content (AvgIpc) is 2.26. The largest absolute Gasteiger partial charge is 0.389 e. The highest BCUT2D eigenvalue weighted by Crippen LogP contribution is 2.04. The van der Waals surface area contributed by atoms with Crippen molar-refractivity contribution in [3.63, 3.8) is 0 Å². The number of carbonyl (C=O) groups excluding carboxylic acids is 1. The quantitative estimate of drug-likeness (QED) is 0.640. The van der Waals surface area contributed by atoms with Crippen LogP contribution < -0.4 is 0 Å². The van der Waals surface area contributed by atoms with Gasteiger partial charge in [0.25, 0.3) is 0 Å². The molecule has 0 amide bonds. The summed E-state index contributed by atoms with van der Waals surface area (Å²) in [5, 5.41) is 7.45. The topological polar surface area (TPSA) is 100 Å². The van der Waals surface area contributed by atoms with E-state index in [9.17, 15) is 9.00 Å². The number of rotatable bonds is 5. The first-order valence-corrected chi connectivity index (χ1v) is 5.30. The van der Waals surface area contributed by atoms with Crippen molar-refractivity contribution in [2.45, 2.75) is 11.7 Å². The van der Waals surface area contributed by atoms with E-state index in [1.807, 2.05) is 0 Å². The Morgan fingerprint density at radius 2 is 2.27 bits per heavy atom. The smallest absolute Gasteiger partial charge is 0.176 e. The molecule has 0 aliphatic heterocycles. The minimum atomic E-state index is -2.31. The normalized spacial score (nSPS) is 14.5. The van der Waals surface area contributed by atoms with Crippen LogP contribution in [0, 0.1) is 0 Å². The molecule has 1 aromatic rings. The summed E-state index contributed by atoms with van der Waals surface area (Å²) in [6, 6.07) is 0. The summed E-state index contributed by atoms with van der Waals surface area (Å²) in [7, 11) is 0. The second-order valence-corrected chi connectivity index (χ2v) is 3.91. The molecule has 82 valence electrons. The first-order valence-electron chi connectivity index (χ1n) is 4.13. The number of hydrogen-bond acceptors (Lipinski definition) is 5. The fourth-order valence-electron chi connectivity index (χ4n) is 1.02. The second kappa shape index (κ2) is 5.64. The van der Waals surface area contributed by atoms with E-state index in [0.29, 0.717) is 5.69 Å². The predicted molar refractivity (Wildman–Crippen MR) is 52.4 cm³/mol. The summed E-state index contributed by atoms with van der Waals surface area (Å²) in [6.07, 6.45) is 4.29. The third-order valence-electron chi connectivity index (χ3n) is 1.77. The lowest BCUT2D eigenvalue weighted by Gasteiger charge is -2.08. The summed E-state index contributed by atoms with van der Waals surface area (Å²) in [5.74, 6) is -0.679. The summed E-state index contributed by atoms with van der Waals surface area (Å²) in [5.41, 5.74) is 0.437. The summed E-state index contributed by atoms with van der Waals surface area (Å²) < 4.78 is 19.7. The molecule has 2 N–H and O–H groups in total. The zero-order chi connectivity index (χ0) is 11.3. The van der Waals surface area contributed by atoms with Gasteiger partial charge >= 0.3 is 0 Å². The lowest BCUT2D eigenvalue weighted by atomic mass is 10.2. The van der Waals surface area contributed by atoms with Crippen molar-refractivity contribution < 1.29 is 18.7 Å². The summed E-state index contributed by atoms with van der Waals surface area (Å²) in [6.45, 7) is -0.753. The SMILES string of the molecule is O=C(CO)C(Cc1cnccn1)S(=O)O. The minimum Gasteiger partial charge on any atom is -0.389 e. The minimum absolute atomic E-state index is 0.00363. The third kappa shape index (κ3) is 3.46. The fraction of sp³-hybridized carbons (Fsp3) is 0.375. The molecular formula is C8H10N2O4S. The van der Waals surface area contributed by atoms with E-state index in [4.69, 9.17) is 9.66 Å². The van der Waals surface area contributed by atoms with Crippen LogP contribution in [-0.2, 0) is 22.3 Å². The van der Waals surface area contributed by atoms with E-state index >= 15 is 0 Å². The molecule has 15 heavy (non-hydrogen) atoms. The number of carbonyl (C=O) groups is 1. The van der Waals surface area contributed by atoms with Crippen LogP contribution in [0.4, 0.5) is 0 Å². The van der Waals surface area contributed by atoms with Crippen LogP contribution in [0.3, 0.4) is 0 Å². The van der Waals surface area contributed by atoms with Gasteiger partial charge in [0.2, 0.25) is 0 Å². The lowest BCUT2D eigenvalue weighted by molar-refractivity contribution is -0.121. The van der Waals surface area contributed by atoms with Crippen molar-refractivity contribution in [1.29, 1.82) is 0 Å². The Balaban J connectivity index is 2.76. The van der Waals surface area contributed by atoms with Crippen LogP contribution in [-0.4, -0.2) is 41.5 Å². The van der Waals surface area contributed by atoms with Gasteiger partial charge in [0, 0.05) is 25.0 Å². The Morgan fingerprint density at radius 1 is 1.53 bits per heavy atom. The van der Waals surface area contributed by atoms with E-state index in [-0.39, 0.29) is 6.42 Å². The van der Waals surface area contributed by atoms with Crippen molar-refractivity contribution in [2.75, 3.05) is 6.61 Å². The molecule has 0 aliphatic carbocycles. The molecule has 0 spiro atoms. The molecule has 0 fully saturated rings. The van der Waals surface area contributed by atoms with Gasteiger partial charge in [-0.1, -0.05) is 0 Å². The van der Waals surface area contributed by atoms with Crippen molar-refractivity contribution in [3.05, 3.63) is 24.3 Å². The highest BCUT2D eigenvalue weighted by Gasteiger charge is 2.24. The number of aromatic nitrogens is 2. The first kappa shape index (κ1) is 11.9. The highest BCUT2D eigenvalue weighted by molar-refractivity contribution is 7.80. The van der Waals surface area contributed by atoms with Gasteiger partial charge in [0.15, 0.2) is 16.9 Å². The number of Topliss-reactive ketones (excluding diaryl/α,β-unsaturated/α-hetero) is 1. The van der Waals surface area contributed by atoms with E-state index < -0.39 is 28.7 Å². The lowest BCUT2D eigenvalue weighted by Crippen LogP contribution is -2.30. The molecule has 0 aliphatic rings. The second-order valence-electron chi connectivity index (χ2n) is 2.79. The van der Waals surface area contributed by atoms with Gasteiger partial charge in [-0.05, 0) is 0 Å². The van der Waals surface area contributed by atoms with Gasteiger partial charge in [0.05, 0.1) is 5.69 Å². The van der Waals surface area contributed by atoms with Crippen LogP contribution in [0.15, 0.2) is 18.6 Å². The third-order valence-corrected chi connectivity index (χ3v) is 2.69. The van der Waals surface area contributed by atoms with Crippen LogP contribution in [0.5, 0.6) is 0 Å². The molecule has 1 aromatic heterocycles. The Bertz CT molecular complexity index is 357. The van der Waals surface area contributed by atoms with E-state index in [1.165, 1.54) is 18.6 Å². The molecule has 7 heteroatoms. The molecular weight excluding hydrogens is 220 g/mol. The zero-order valence-corrected chi connectivity index (χ0v) is 8.55. The van der Waals surface area contributed by atoms with Gasteiger partial charge in [-0.15, -0.1) is 0 Å². The molecule has 0 bridgehead atoms. The Hall–Kier alpha value is -1.18. The molecule has 0 radical (unpaired) electrons. The molecule has 1 rings (SSSR count). The van der Waals surface area contributed by atoms with Crippen molar-refractivity contribution in [2.24, 2.45) is 0 Å². The molecule has 1 heterocycles. The maximum atomic E-state index is 11.1. The first-order chi connectivity index (χ1) is 7.15. The Kier molecular flexibility index (Phi) is 4.47. The Morgan fingerprint density at radius 3 is 2.73 bits per heavy atom. The van der Waals surface area contributed by atoms with Crippen LogP contribution >= 0.6 is 0 Å². The van der Waals surface area contributed by atoms with E-state index in [1.54, 1.807) is 0 Å². The average molecular weight is 230 g/mol. The van der Waals surface area contributed by atoms with Gasteiger partial charge in [-0.2, -0.15) is 0 Å². The van der Waals surface area contributed by atoms with Gasteiger partial charge in [-0.25, -0.2) is 4.21 Å². The monoisotopic (exact) mass is 230 g/mol. The Labute approximate surface area is 88.7 Å². The number of hydrogen-bond donors (Lipinski definition) is 2. The zero-order valence-electron chi connectivity index (χ0n) is 7.74. The number of aliphatic hydroxyl groups is 1. The molecule has 0 saturated carbocycles. The maximum absolute atomic E-state index is 11.1. The number of nitrogens with zero attached hydrogens (tertiary/aromatic N) is 2. The predicted octanol–water partition coefficient (Wildman–Crippen LogP) is -0.829. The molecule has 2 unspecified atom stereocenters. The standard InChI is InChI=1S/C8H10N2O4S/c11-5-7(12)8(15(13)14)3-6-4-9-1-2-10-6/h1-2,4,8,11H,3,5H2,(H,13,14). The molecule has 0 aromatic carbocycles. The van der Waals surface area contributed by atoms with Gasteiger partial charge in [-0.3, -0.25) is 14.8 Å². The fourth-order valence-corrected chi connectivity index (χ4v) is 1.64. The van der Waals surface area contributed by atoms with Crippen molar-refractivity contribution >= 4 is 16.9 Å². The van der Waals surface area contributed by atoms with Crippen molar-refractivity contribution in [3.8, 4) is 0 Å². The molecule has 0 saturated heterocycles. The van der Waals surface area contributed by atoms with Crippen molar-refractivity contribution in [1.82, 2.24) is 9.97 Å². The van der Waals surface area contributed by atoms with Crippen LogP contribution in [0.1, 0.15) is 5.69 Å². The number of ketones is 1. The van der Waals surface area contributed by atoms with E-state index in [0.717, 1.165) is 0 Å². The summed E-state index contributed by atoms with van der Waals surface area (Å²) >= 11 is -2.31.